The number of piperazine rings is 1. The first-order valence-electron chi connectivity index (χ1n) is 6.23. The summed E-state index contributed by atoms with van der Waals surface area (Å²) in [6.45, 7) is 4.49. The molecule has 1 fully saturated rings. The maximum atomic E-state index is 9.72. The summed E-state index contributed by atoms with van der Waals surface area (Å²) in [5.74, 6) is 0. The molecule has 1 atom stereocenters. The van der Waals surface area contributed by atoms with Crippen molar-refractivity contribution in [1.82, 2.24) is 4.90 Å². The quantitative estimate of drug-likeness (QED) is 0.880. The minimum absolute atomic E-state index is 0.250. The highest BCUT2D eigenvalue weighted by molar-refractivity contribution is 9.10. The van der Waals surface area contributed by atoms with E-state index < -0.39 is 6.10 Å². The Kier molecular flexibility index (Phi) is 4.61. The Hall–Kier alpha value is -0.620. The smallest absolute Gasteiger partial charge is 0.0912 e. The third kappa shape index (κ3) is 3.03. The Morgan fingerprint density at radius 3 is 2.56 bits per heavy atom. The number of halogens is 1. The van der Waals surface area contributed by atoms with Crippen LogP contribution in [-0.2, 0) is 0 Å². The molecule has 1 aliphatic rings. The number of hydrogen-bond donors (Lipinski definition) is 2. The number of rotatable bonds is 3. The predicted molar refractivity (Wildman–Crippen MR) is 77.9 cm³/mol. The van der Waals surface area contributed by atoms with Crippen molar-refractivity contribution in [2.45, 2.75) is 6.10 Å². The molecular formula is C13H20BrN3O. The van der Waals surface area contributed by atoms with E-state index in [0.717, 1.165) is 36.2 Å². The number of aliphatic hydroxyl groups excluding tert-OH is 1. The molecule has 3 N–H and O–H groups in total. The van der Waals surface area contributed by atoms with Crippen LogP contribution < -0.4 is 10.6 Å². The van der Waals surface area contributed by atoms with Gasteiger partial charge in [0.05, 0.1) is 11.8 Å². The molecular weight excluding hydrogens is 294 g/mol. The number of nitrogens with two attached hydrogens (primary N) is 1. The molecule has 1 heterocycles. The number of aliphatic hydroxyl groups is 1. The van der Waals surface area contributed by atoms with Crippen molar-refractivity contribution >= 4 is 21.6 Å². The fraction of sp³-hybridized carbons (Fsp3) is 0.538. The molecule has 0 radical (unpaired) electrons. The van der Waals surface area contributed by atoms with E-state index in [9.17, 15) is 5.11 Å². The van der Waals surface area contributed by atoms with Crippen molar-refractivity contribution in [2.75, 3.05) is 44.7 Å². The molecule has 1 unspecified atom stereocenters. The summed E-state index contributed by atoms with van der Waals surface area (Å²) in [4.78, 5) is 4.69. The molecule has 1 aromatic rings. The number of benzene rings is 1. The van der Waals surface area contributed by atoms with Gasteiger partial charge in [0.15, 0.2) is 0 Å². The van der Waals surface area contributed by atoms with Crippen molar-refractivity contribution in [3.05, 3.63) is 28.2 Å². The number of anilines is 1. The number of nitrogens with zero attached hydrogens (tertiary/aromatic N) is 2. The normalized spacial score (nSPS) is 19.0. The van der Waals surface area contributed by atoms with Crippen LogP contribution in [-0.4, -0.2) is 49.8 Å². The zero-order valence-electron chi connectivity index (χ0n) is 10.6. The Morgan fingerprint density at radius 1 is 1.33 bits per heavy atom. The van der Waals surface area contributed by atoms with Gasteiger partial charge in [0.1, 0.15) is 0 Å². The largest absolute Gasteiger partial charge is 0.387 e. The Morgan fingerprint density at radius 2 is 2.00 bits per heavy atom. The third-order valence-electron chi connectivity index (χ3n) is 3.42. The lowest BCUT2D eigenvalue weighted by Gasteiger charge is -2.34. The molecule has 1 aromatic carbocycles. The second-order valence-electron chi connectivity index (χ2n) is 4.75. The van der Waals surface area contributed by atoms with Crippen LogP contribution in [0.4, 0.5) is 5.69 Å². The second-order valence-corrected chi connectivity index (χ2v) is 5.61. The first kappa shape index (κ1) is 13.8. The minimum Gasteiger partial charge on any atom is -0.387 e. The summed E-state index contributed by atoms with van der Waals surface area (Å²) in [6.07, 6.45) is -0.581. The average molecular weight is 314 g/mol. The van der Waals surface area contributed by atoms with Gasteiger partial charge < -0.3 is 20.6 Å². The molecule has 0 amide bonds. The van der Waals surface area contributed by atoms with E-state index in [-0.39, 0.29) is 6.54 Å². The molecule has 0 spiro atoms. The fourth-order valence-corrected chi connectivity index (χ4v) is 2.82. The highest BCUT2D eigenvalue weighted by atomic mass is 79.9. The van der Waals surface area contributed by atoms with Gasteiger partial charge >= 0.3 is 0 Å². The summed E-state index contributed by atoms with van der Waals surface area (Å²) in [5, 5.41) is 9.72. The van der Waals surface area contributed by atoms with Gasteiger partial charge in [-0.25, -0.2) is 0 Å². The van der Waals surface area contributed by atoms with Crippen LogP contribution in [0, 0.1) is 0 Å². The first-order valence-corrected chi connectivity index (χ1v) is 7.02. The standard InChI is InChI=1S/C13H20BrN3O/c1-16-4-6-17(7-5-16)12-3-2-10(8-11(12)14)13(18)9-15/h2-3,8,13,18H,4-7,9,15H2,1H3. The molecule has 4 nitrogen and oxygen atoms in total. The summed E-state index contributed by atoms with van der Waals surface area (Å²) in [7, 11) is 2.15. The summed E-state index contributed by atoms with van der Waals surface area (Å²) < 4.78 is 1.03. The van der Waals surface area contributed by atoms with Crippen molar-refractivity contribution in [3.8, 4) is 0 Å². The highest BCUT2D eigenvalue weighted by Crippen LogP contribution is 2.29. The Bertz CT molecular complexity index is 405. The molecule has 100 valence electrons. The van der Waals surface area contributed by atoms with E-state index >= 15 is 0 Å². The maximum absolute atomic E-state index is 9.72. The van der Waals surface area contributed by atoms with Crippen molar-refractivity contribution in [1.29, 1.82) is 0 Å². The lowest BCUT2D eigenvalue weighted by molar-refractivity contribution is 0.186. The van der Waals surface area contributed by atoms with Gasteiger partial charge in [-0.3, -0.25) is 0 Å². The van der Waals surface area contributed by atoms with Crippen LogP contribution in [0.5, 0.6) is 0 Å². The second kappa shape index (κ2) is 6.02. The van der Waals surface area contributed by atoms with E-state index in [1.54, 1.807) is 0 Å². The maximum Gasteiger partial charge on any atom is 0.0912 e. The van der Waals surface area contributed by atoms with E-state index in [4.69, 9.17) is 5.73 Å². The van der Waals surface area contributed by atoms with Gasteiger partial charge in [-0.1, -0.05) is 6.07 Å². The van der Waals surface area contributed by atoms with Crippen LogP contribution in [0.15, 0.2) is 22.7 Å². The average Bonchev–Trinajstić information content (AvgIpc) is 2.39. The molecule has 0 bridgehead atoms. The predicted octanol–water partition coefficient (Wildman–Crippen LogP) is 1.19. The van der Waals surface area contributed by atoms with Crippen LogP contribution in [0.1, 0.15) is 11.7 Å². The zero-order chi connectivity index (χ0) is 13.1. The van der Waals surface area contributed by atoms with Crippen LogP contribution in [0.3, 0.4) is 0 Å². The summed E-state index contributed by atoms with van der Waals surface area (Å²) in [6, 6.07) is 5.98. The van der Waals surface area contributed by atoms with Crippen molar-refractivity contribution in [3.63, 3.8) is 0 Å². The number of likely N-dealkylation sites (N-methyl/N-ethyl adjacent to an activating group) is 1. The van der Waals surface area contributed by atoms with Crippen LogP contribution in [0.2, 0.25) is 0 Å². The minimum atomic E-state index is -0.581. The molecule has 2 rings (SSSR count). The van der Waals surface area contributed by atoms with Gasteiger partial charge in [-0.05, 0) is 40.7 Å². The van der Waals surface area contributed by atoms with E-state index in [0.29, 0.717) is 0 Å². The first-order chi connectivity index (χ1) is 8.61. The topological polar surface area (TPSA) is 52.7 Å². The van der Waals surface area contributed by atoms with Crippen LogP contribution in [0.25, 0.3) is 0 Å². The molecule has 1 aliphatic heterocycles. The molecule has 1 saturated heterocycles. The molecule has 0 aliphatic carbocycles. The van der Waals surface area contributed by atoms with Gasteiger partial charge in [-0.2, -0.15) is 0 Å². The van der Waals surface area contributed by atoms with Gasteiger partial charge in [0.2, 0.25) is 0 Å². The molecule has 5 heteroatoms. The van der Waals surface area contributed by atoms with Crippen LogP contribution >= 0.6 is 15.9 Å². The van der Waals surface area contributed by atoms with Gasteiger partial charge in [0.25, 0.3) is 0 Å². The molecule has 0 aromatic heterocycles. The van der Waals surface area contributed by atoms with E-state index in [2.05, 4.69) is 38.8 Å². The lowest BCUT2D eigenvalue weighted by atomic mass is 10.1. The number of hydrogen-bond acceptors (Lipinski definition) is 4. The van der Waals surface area contributed by atoms with E-state index in [1.807, 2.05) is 12.1 Å². The molecule has 18 heavy (non-hydrogen) atoms. The molecule has 0 saturated carbocycles. The monoisotopic (exact) mass is 313 g/mol. The van der Waals surface area contributed by atoms with E-state index in [1.165, 1.54) is 5.69 Å². The van der Waals surface area contributed by atoms with Gasteiger partial charge in [0, 0.05) is 37.2 Å². The zero-order valence-corrected chi connectivity index (χ0v) is 12.2. The van der Waals surface area contributed by atoms with Crippen molar-refractivity contribution < 1.29 is 5.11 Å². The summed E-state index contributed by atoms with van der Waals surface area (Å²) >= 11 is 3.59. The fourth-order valence-electron chi connectivity index (χ4n) is 2.17. The Balaban J connectivity index is 2.14. The van der Waals surface area contributed by atoms with Gasteiger partial charge in [-0.15, -0.1) is 0 Å². The Labute approximate surface area is 117 Å². The van der Waals surface area contributed by atoms with Crippen molar-refractivity contribution in [2.24, 2.45) is 5.73 Å². The highest BCUT2D eigenvalue weighted by Gasteiger charge is 2.17. The lowest BCUT2D eigenvalue weighted by Crippen LogP contribution is -2.44. The SMILES string of the molecule is CN1CCN(c2ccc(C(O)CN)cc2Br)CC1. The summed E-state index contributed by atoms with van der Waals surface area (Å²) in [5.41, 5.74) is 7.52. The third-order valence-corrected chi connectivity index (χ3v) is 4.06.